The molecule has 0 aromatic rings. The Morgan fingerprint density at radius 3 is 2.71 bits per heavy atom. The van der Waals surface area contributed by atoms with E-state index < -0.39 is 0 Å². The molecule has 0 aromatic carbocycles. The van der Waals surface area contributed by atoms with Crippen molar-refractivity contribution in [3.63, 3.8) is 0 Å². The first-order valence-electron chi connectivity index (χ1n) is 5.35. The van der Waals surface area contributed by atoms with Crippen LogP contribution >= 0.6 is 0 Å². The molecule has 0 saturated carbocycles. The molecule has 0 aliphatic carbocycles. The third kappa shape index (κ3) is 4.74. The predicted molar refractivity (Wildman–Crippen MR) is 55.0 cm³/mol. The molecule has 0 bridgehead atoms. The van der Waals surface area contributed by atoms with Crippen LogP contribution in [0.4, 0.5) is 0 Å². The molecule has 0 aromatic heterocycles. The lowest BCUT2D eigenvalue weighted by Gasteiger charge is -1.94. The summed E-state index contributed by atoms with van der Waals surface area (Å²) in [5.41, 5.74) is 0. The smallest absolute Gasteiger partial charge is 0.0844 e. The van der Waals surface area contributed by atoms with E-state index in [1.54, 1.807) is 13.0 Å². The summed E-state index contributed by atoms with van der Waals surface area (Å²) in [7, 11) is 0. The minimum atomic E-state index is -0.347. The van der Waals surface area contributed by atoms with E-state index in [1.807, 2.05) is 6.08 Å². The van der Waals surface area contributed by atoms with E-state index in [-0.39, 0.29) is 12.7 Å². The number of hydrogen-bond acceptors (Lipinski definition) is 3. The average molecular weight is 200 g/mol. The van der Waals surface area contributed by atoms with Gasteiger partial charge in [0.1, 0.15) is 0 Å². The van der Waals surface area contributed by atoms with E-state index in [0.29, 0.717) is 12.2 Å². The second-order valence-electron chi connectivity index (χ2n) is 3.82. The van der Waals surface area contributed by atoms with Crippen LogP contribution in [0, 0.1) is 0 Å². The second-order valence-corrected chi connectivity index (χ2v) is 3.82. The summed E-state index contributed by atoms with van der Waals surface area (Å²) in [5, 5.41) is 17.6. The molecule has 0 radical (unpaired) electrons. The summed E-state index contributed by atoms with van der Waals surface area (Å²) in [5.74, 6) is 0. The quantitative estimate of drug-likeness (QED) is 0.480. The van der Waals surface area contributed by atoms with Crippen molar-refractivity contribution in [3.8, 4) is 0 Å². The molecule has 1 fully saturated rings. The number of aliphatic hydroxyl groups excluding tert-OH is 2. The highest BCUT2D eigenvalue weighted by atomic mass is 16.6. The molecule has 1 aliphatic rings. The van der Waals surface area contributed by atoms with E-state index in [4.69, 9.17) is 14.9 Å². The molecule has 1 heterocycles. The van der Waals surface area contributed by atoms with Crippen LogP contribution in [0.3, 0.4) is 0 Å². The number of epoxide rings is 1. The fraction of sp³-hybridized carbons (Fsp3) is 0.818. The summed E-state index contributed by atoms with van der Waals surface area (Å²) >= 11 is 0. The van der Waals surface area contributed by atoms with Crippen molar-refractivity contribution >= 4 is 0 Å². The first kappa shape index (κ1) is 11.7. The monoisotopic (exact) mass is 200 g/mol. The van der Waals surface area contributed by atoms with Crippen LogP contribution in [0.25, 0.3) is 0 Å². The van der Waals surface area contributed by atoms with Crippen LogP contribution in [0.1, 0.15) is 32.6 Å². The minimum Gasteiger partial charge on any atom is -0.396 e. The van der Waals surface area contributed by atoms with E-state index in [1.165, 1.54) is 0 Å². The third-order valence-corrected chi connectivity index (χ3v) is 2.37. The lowest BCUT2D eigenvalue weighted by molar-refractivity contribution is 0.243. The van der Waals surface area contributed by atoms with Gasteiger partial charge in [-0.2, -0.15) is 0 Å². The van der Waals surface area contributed by atoms with Gasteiger partial charge in [0.25, 0.3) is 0 Å². The van der Waals surface area contributed by atoms with Crippen molar-refractivity contribution in [1.82, 2.24) is 0 Å². The Hall–Kier alpha value is -0.380. The second kappa shape index (κ2) is 6.17. The van der Waals surface area contributed by atoms with E-state index in [0.717, 1.165) is 25.7 Å². The molecule has 0 spiro atoms. The average Bonchev–Trinajstić information content (AvgIpc) is 2.88. The van der Waals surface area contributed by atoms with E-state index >= 15 is 0 Å². The lowest BCUT2D eigenvalue weighted by atomic mass is 10.1. The maximum absolute atomic E-state index is 8.96. The Labute approximate surface area is 85.4 Å². The van der Waals surface area contributed by atoms with Crippen molar-refractivity contribution in [2.24, 2.45) is 0 Å². The van der Waals surface area contributed by atoms with Crippen molar-refractivity contribution in [2.45, 2.75) is 50.9 Å². The third-order valence-electron chi connectivity index (χ3n) is 2.37. The van der Waals surface area contributed by atoms with Crippen molar-refractivity contribution in [1.29, 1.82) is 0 Å². The number of ether oxygens (including phenoxy) is 1. The zero-order chi connectivity index (χ0) is 10.4. The molecule has 1 saturated heterocycles. The summed E-state index contributed by atoms with van der Waals surface area (Å²) < 4.78 is 5.42. The molecule has 2 N–H and O–H groups in total. The number of rotatable bonds is 7. The van der Waals surface area contributed by atoms with Gasteiger partial charge in [-0.25, -0.2) is 0 Å². The number of hydrogen-bond donors (Lipinski definition) is 2. The van der Waals surface area contributed by atoms with Crippen LogP contribution in [0.5, 0.6) is 0 Å². The van der Waals surface area contributed by atoms with Crippen LogP contribution < -0.4 is 0 Å². The van der Waals surface area contributed by atoms with Gasteiger partial charge >= 0.3 is 0 Å². The maximum atomic E-state index is 8.96. The van der Waals surface area contributed by atoms with Crippen LogP contribution in [0.2, 0.25) is 0 Å². The van der Waals surface area contributed by atoms with Crippen molar-refractivity contribution < 1.29 is 14.9 Å². The van der Waals surface area contributed by atoms with Gasteiger partial charge in [-0.05, 0) is 32.6 Å². The Morgan fingerprint density at radius 2 is 2.07 bits per heavy atom. The standard InChI is InChI=1S/C11H20O3/c1-9(13)5-2-3-6-10-11(14-10)7-4-8-12/h2,5,9-13H,3-4,6-8H2,1H3/b5-2+/t9-,10-,11-/m0/s1. The van der Waals surface area contributed by atoms with Gasteiger partial charge in [0.15, 0.2) is 0 Å². The molecule has 3 nitrogen and oxygen atoms in total. The molecule has 14 heavy (non-hydrogen) atoms. The largest absolute Gasteiger partial charge is 0.396 e. The zero-order valence-corrected chi connectivity index (χ0v) is 8.72. The van der Waals surface area contributed by atoms with Crippen molar-refractivity contribution in [3.05, 3.63) is 12.2 Å². The van der Waals surface area contributed by atoms with Crippen LogP contribution in [-0.2, 0) is 4.74 Å². The Bertz CT molecular complexity index is 177. The highest BCUT2D eigenvalue weighted by Crippen LogP contribution is 2.30. The molecule has 0 unspecified atom stereocenters. The first-order chi connectivity index (χ1) is 6.74. The van der Waals surface area contributed by atoms with Crippen LogP contribution in [-0.4, -0.2) is 35.1 Å². The molecule has 0 amide bonds. The predicted octanol–water partition coefficient (Wildman–Crippen LogP) is 1.24. The van der Waals surface area contributed by atoms with Gasteiger partial charge in [-0.1, -0.05) is 12.2 Å². The van der Waals surface area contributed by atoms with Gasteiger partial charge in [0, 0.05) is 6.61 Å². The Morgan fingerprint density at radius 1 is 1.36 bits per heavy atom. The normalized spacial score (nSPS) is 28.2. The number of aliphatic hydroxyl groups is 2. The Balaban J connectivity index is 1.95. The van der Waals surface area contributed by atoms with Gasteiger partial charge in [-0.15, -0.1) is 0 Å². The minimum absolute atomic E-state index is 0.258. The summed E-state index contributed by atoms with van der Waals surface area (Å²) in [6.07, 6.45) is 8.01. The fourth-order valence-electron chi connectivity index (χ4n) is 1.53. The Kier molecular flexibility index (Phi) is 5.15. The summed E-state index contributed by atoms with van der Waals surface area (Å²) in [4.78, 5) is 0. The van der Waals surface area contributed by atoms with E-state index in [2.05, 4.69) is 0 Å². The van der Waals surface area contributed by atoms with Gasteiger partial charge < -0.3 is 14.9 Å². The van der Waals surface area contributed by atoms with Gasteiger partial charge in [0.2, 0.25) is 0 Å². The van der Waals surface area contributed by atoms with Gasteiger partial charge in [0.05, 0.1) is 18.3 Å². The molecule has 1 aliphatic heterocycles. The molecule has 3 atom stereocenters. The molecule has 3 heteroatoms. The zero-order valence-electron chi connectivity index (χ0n) is 8.72. The van der Waals surface area contributed by atoms with Gasteiger partial charge in [-0.3, -0.25) is 0 Å². The van der Waals surface area contributed by atoms with Crippen molar-refractivity contribution in [2.75, 3.05) is 6.61 Å². The molecular formula is C11H20O3. The number of allylic oxidation sites excluding steroid dienone is 1. The maximum Gasteiger partial charge on any atom is 0.0844 e. The first-order valence-corrected chi connectivity index (χ1v) is 5.35. The van der Waals surface area contributed by atoms with E-state index in [9.17, 15) is 0 Å². The summed E-state index contributed by atoms with van der Waals surface area (Å²) in [6, 6.07) is 0. The highest BCUT2D eigenvalue weighted by molar-refractivity contribution is 4.91. The summed E-state index contributed by atoms with van der Waals surface area (Å²) in [6.45, 7) is 2.00. The molecule has 1 rings (SSSR count). The molecule has 82 valence electrons. The fourth-order valence-corrected chi connectivity index (χ4v) is 1.53. The van der Waals surface area contributed by atoms with Crippen LogP contribution in [0.15, 0.2) is 12.2 Å². The highest BCUT2D eigenvalue weighted by Gasteiger charge is 2.36. The SMILES string of the molecule is C[C@H](O)/C=C/CC[C@@H]1O[C@H]1CCCO. The topological polar surface area (TPSA) is 53.0 Å². The lowest BCUT2D eigenvalue weighted by Crippen LogP contribution is -1.96. The molecular weight excluding hydrogens is 180 g/mol.